The number of aliphatic carboxylic acids is 1. The quantitative estimate of drug-likeness (QED) is 0.804. The molecule has 128 valence electrons. The van der Waals surface area contributed by atoms with Crippen molar-refractivity contribution in [3.63, 3.8) is 0 Å². The first-order valence-corrected chi connectivity index (χ1v) is 7.65. The number of fused-ring (bicyclic) bond motifs is 1. The molecule has 0 spiro atoms. The molecule has 1 heterocycles. The van der Waals surface area contributed by atoms with Gasteiger partial charge in [0.2, 0.25) is 5.91 Å². The predicted octanol–water partition coefficient (Wildman–Crippen LogP) is 0.205. The van der Waals surface area contributed by atoms with Crippen LogP contribution in [0.2, 0.25) is 5.02 Å². The molecule has 0 aliphatic rings. The molecule has 1 aromatic heterocycles. The van der Waals surface area contributed by atoms with Gasteiger partial charge >= 0.3 is 0 Å². The van der Waals surface area contributed by atoms with E-state index in [2.05, 4.69) is 10.6 Å². The van der Waals surface area contributed by atoms with Crippen LogP contribution in [0.1, 0.15) is 24.3 Å². The molecule has 7 nitrogen and oxygen atoms in total. The fourth-order valence-corrected chi connectivity index (χ4v) is 2.45. The highest BCUT2D eigenvalue weighted by Crippen LogP contribution is 2.22. The lowest BCUT2D eigenvalue weighted by atomic mass is 10.2. The van der Waals surface area contributed by atoms with Crippen molar-refractivity contribution in [1.82, 2.24) is 15.2 Å². The zero-order valence-corrected chi connectivity index (χ0v) is 14.2. The third kappa shape index (κ3) is 3.68. The highest BCUT2D eigenvalue weighted by atomic mass is 35.5. The van der Waals surface area contributed by atoms with Gasteiger partial charge in [-0.05, 0) is 38.1 Å². The van der Waals surface area contributed by atoms with Crippen molar-refractivity contribution in [2.45, 2.75) is 25.9 Å². The van der Waals surface area contributed by atoms with Gasteiger partial charge in [0.15, 0.2) is 0 Å². The maximum absolute atomic E-state index is 12.4. The number of carboxylic acids is 1. The van der Waals surface area contributed by atoms with Gasteiger partial charge in [0, 0.05) is 23.0 Å². The summed E-state index contributed by atoms with van der Waals surface area (Å²) in [5.74, 6) is -2.46. The second-order valence-corrected chi connectivity index (χ2v) is 5.97. The van der Waals surface area contributed by atoms with Crippen LogP contribution in [0.5, 0.6) is 0 Å². The average Bonchev–Trinajstić information content (AvgIpc) is 2.83. The molecule has 0 saturated carbocycles. The first kappa shape index (κ1) is 17.8. The minimum atomic E-state index is -1.40. The van der Waals surface area contributed by atoms with E-state index in [0.717, 1.165) is 10.9 Å². The topological polar surface area (TPSA) is 103 Å². The summed E-state index contributed by atoms with van der Waals surface area (Å²) in [5, 5.41) is 16.8. The highest BCUT2D eigenvalue weighted by molar-refractivity contribution is 6.31. The number of aromatic nitrogens is 1. The number of nitrogens with one attached hydrogen (secondary N) is 2. The fraction of sp³-hybridized carbons (Fsp3) is 0.312. The zero-order chi connectivity index (χ0) is 18.0. The van der Waals surface area contributed by atoms with E-state index < -0.39 is 29.9 Å². The molecular weight excluding hydrogens is 334 g/mol. The Balaban J connectivity index is 2.13. The molecule has 0 fully saturated rings. The van der Waals surface area contributed by atoms with Gasteiger partial charge in [0.1, 0.15) is 11.7 Å². The Kier molecular flexibility index (Phi) is 5.14. The first-order chi connectivity index (χ1) is 11.2. The summed E-state index contributed by atoms with van der Waals surface area (Å²) in [4.78, 5) is 34.9. The second kappa shape index (κ2) is 6.92. The van der Waals surface area contributed by atoms with E-state index in [-0.39, 0.29) is 0 Å². The van der Waals surface area contributed by atoms with E-state index in [4.69, 9.17) is 11.6 Å². The van der Waals surface area contributed by atoms with Gasteiger partial charge in [-0.25, -0.2) is 0 Å². The molecule has 1 aromatic carbocycles. The average molecular weight is 351 g/mol. The third-order valence-electron chi connectivity index (χ3n) is 3.69. The number of benzene rings is 1. The fourth-order valence-electron chi connectivity index (χ4n) is 2.27. The number of carboxylic acid groups (broad SMARTS) is 1. The summed E-state index contributed by atoms with van der Waals surface area (Å²) in [6, 6.07) is 4.89. The molecular formula is C16H17ClN3O4-. The van der Waals surface area contributed by atoms with Gasteiger partial charge in [-0.3, -0.25) is 9.59 Å². The van der Waals surface area contributed by atoms with E-state index in [1.807, 2.05) is 0 Å². The molecule has 2 atom stereocenters. The summed E-state index contributed by atoms with van der Waals surface area (Å²) >= 11 is 5.94. The molecule has 0 aliphatic heterocycles. The number of aryl methyl sites for hydroxylation is 1. The minimum Gasteiger partial charge on any atom is -0.548 e. The van der Waals surface area contributed by atoms with Crippen molar-refractivity contribution < 1.29 is 19.5 Å². The second-order valence-electron chi connectivity index (χ2n) is 5.54. The van der Waals surface area contributed by atoms with Crippen LogP contribution in [0, 0.1) is 0 Å². The van der Waals surface area contributed by atoms with Crippen molar-refractivity contribution in [2.75, 3.05) is 0 Å². The van der Waals surface area contributed by atoms with E-state index in [1.54, 1.807) is 35.9 Å². The maximum Gasteiger partial charge on any atom is 0.268 e. The molecule has 0 unspecified atom stereocenters. The summed E-state index contributed by atoms with van der Waals surface area (Å²) < 4.78 is 1.69. The Hall–Kier alpha value is -2.54. The number of carbonyl (C=O) groups is 3. The molecule has 8 heteroatoms. The monoisotopic (exact) mass is 350 g/mol. The standard InChI is InChI=1S/C16H18ClN3O4/c1-8(14(21)19-9(2)16(23)24)18-15(22)13-7-10-6-11(17)4-5-12(10)20(13)3/h4-9H,1-3H3,(H,18,22)(H,19,21)(H,23,24)/p-1/t8-,9-/m0/s1. The summed E-state index contributed by atoms with van der Waals surface area (Å²) in [7, 11) is 1.73. The zero-order valence-electron chi connectivity index (χ0n) is 13.4. The van der Waals surface area contributed by atoms with Crippen molar-refractivity contribution >= 4 is 40.3 Å². The van der Waals surface area contributed by atoms with Gasteiger partial charge in [-0.2, -0.15) is 0 Å². The van der Waals surface area contributed by atoms with Crippen LogP contribution in [-0.2, 0) is 16.6 Å². The van der Waals surface area contributed by atoms with Gasteiger partial charge < -0.3 is 25.1 Å². The molecule has 2 N–H and O–H groups in total. The Bertz CT molecular complexity index is 815. The maximum atomic E-state index is 12.4. The lowest BCUT2D eigenvalue weighted by Crippen LogP contribution is -2.52. The van der Waals surface area contributed by atoms with Crippen LogP contribution in [0.4, 0.5) is 0 Å². The molecule has 2 rings (SSSR count). The number of nitrogens with zero attached hydrogens (tertiary/aromatic N) is 1. The molecule has 0 saturated heterocycles. The Morgan fingerprint density at radius 2 is 1.79 bits per heavy atom. The number of hydrogen-bond donors (Lipinski definition) is 2. The van der Waals surface area contributed by atoms with Gasteiger partial charge in [0.05, 0.1) is 12.0 Å². The minimum absolute atomic E-state index is 0.361. The van der Waals surface area contributed by atoms with Crippen LogP contribution in [-0.4, -0.2) is 34.4 Å². The first-order valence-electron chi connectivity index (χ1n) is 7.27. The smallest absolute Gasteiger partial charge is 0.268 e. The van der Waals surface area contributed by atoms with Gasteiger partial charge in [-0.15, -0.1) is 0 Å². The third-order valence-corrected chi connectivity index (χ3v) is 3.93. The van der Waals surface area contributed by atoms with Crippen molar-refractivity contribution in [3.05, 3.63) is 35.0 Å². The highest BCUT2D eigenvalue weighted by Gasteiger charge is 2.20. The number of rotatable bonds is 5. The molecule has 24 heavy (non-hydrogen) atoms. The number of halogens is 1. The van der Waals surface area contributed by atoms with E-state index >= 15 is 0 Å². The summed E-state index contributed by atoms with van der Waals surface area (Å²) in [6.45, 7) is 2.75. The molecule has 2 aromatic rings. The van der Waals surface area contributed by atoms with Crippen LogP contribution in [0.15, 0.2) is 24.3 Å². The lowest BCUT2D eigenvalue weighted by Gasteiger charge is -2.19. The largest absolute Gasteiger partial charge is 0.548 e. The van der Waals surface area contributed by atoms with E-state index in [9.17, 15) is 19.5 Å². The van der Waals surface area contributed by atoms with Crippen molar-refractivity contribution in [2.24, 2.45) is 7.05 Å². The number of hydrogen-bond acceptors (Lipinski definition) is 4. The van der Waals surface area contributed by atoms with Crippen LogP contribution in [0.25, 0.3) is 10.9 Å². The van der Waals surface area contributed by atoms with E-state index in [0.29, 0.717) is 10.7 Å². The Labute approximate surface area is 143 Å². The number of carbonyl (C=O) groups excluding carboxylic acids is 3. The van der Waals surface area contributed by atoms with Crippen LogP contribution >= 0.6 is 11.6 Å². The summed E-state index contributed by atoms with van der Waals surface area (Å²) in [5.41, 5.74) is 1.19. The molecule has 0 radical (unpaired) electrons. The van der Waals surface area contributed by atoms with Crippen molar-refractivity contribution in [1.29, 1.82) is 0 Å². The van der Waals surface area contributed by atoms with Gasteiger partial charge in [-0.1, -0.05) is 11.6 Å². The van der Waals surface area contributed by atoms with Crippen molar-refractivity contribution in [3.8, 4) is 0 Å². The van der Waals surface area contributed by atoms with Gasteiger partial charge in [0.25, 0.3) is 5.91 Å². The predicted molar refractivity (Wildman–Crippen MR) is 87.5 cm³/mol. The Morgan fingerprint density at radius 1 is 1.12 bits per heavy atom. The molecule has 0 bridgehead atoms. The SMILES string of the molecule is C[C@H](NC(=O)[C@H](C)NC(=O)c1cc2cc(Cl)ccc2n1C)C(=O)[O-]. The molecule has 0 aliphatic carbocycles. The summed E-state index contributed by atoms with van der Waals surface area (Å²) in [6.07, 6.45) is 0. The Morgan fingerprint density at radius 3 is 2.42 bits per heavy atom. The van der Waals surface area contributed by atoms with Crippen LogP contribution < -0.4 is 15.7 Å². The lowest BCUT2D eigenvalue weighted by molar-refractivity contribution is -0.307. The normalized spacial score (nSPS) is 13.3. The van der Waals surface area contributed by atoms with E-state index in [1.165, 1.54) is 13.8 Å². The molecule has 2 amide bonds. The number of amides is 2. The van der Waals surface area contributed by atoms with Crippen LogP contribution in [0.3, 0.4) is 0 Å².